The number of anilines is 1. The minimum atomic E-state index is -0.867. The predicted octanol–water partition coefficient (Wildman–Crippen LogP) is 4.17. The van der Waals surface area contributed by atoms with Gasteiger partial charge in [-0.05, 0) is 25.1 Å². The quantitative estimate of drug-likeness (QED) is 0.627. The first-order valence-electron chi connectivity index (χ1n) is 6.61. The van der Waals surface area contributed by atoms with Crippen molar-refractivity contribution in [2.24, 2.45) is 0 Å². The number of nitrogens with zero attached hydrogens (tertiary/aromatic N) is 1. The number of hydrogen-bond donors (Lipinski definition) is 2. The summed E-state index contributed by atoms with van der Waals surface area (Å²) < 4.78 is 0. The van der Waals surface area contributed by atoms with Crippen LogP contribution < -0.4 is 10.6 Å². The van der Waals surface area contributed by atoms with E-state index in [9.17, 15) is 19.7 Å². The van der Waals surface area contributed by atoms with E-state index in [4.69, 9.17) is 23.2 Å². The van der Waals surface area contributed by atoms with Gasteiger partial charge in [0.05, 0.1) is 20.5 Å². The van der Waals surface area contributed by atoms with Gasteiger partial charge in [0.25, 0.3) is 11.6 Å². The number of carbonyl (C=O) groups excluding carboxylic acids is 2. The molecule has 0 aromatic heterocycles. The van der Waals surface area contributed by atoms with Gasteiger partial charge in [0.2, 0.25) is 0 Å². The van der Waals surface area contributed by atoms with Crippen molar-refractivity contribution < 1.29 is 14.5 Å². The van der Waals surface area contributed by atoms with Crippen LogP contribution in [0.15, 0.2) is 36.4 Å². The van der Waals surface area contributed by atoms with Gasteiger partial charge in [-0.25, -0.2) is 4.79 Å². The number of amides is 3. The molecular weight excluding hydrogens is 357 g/mol. The van der Waals surface area contributed by atoms with E-state index in [1.54, 1.807) is 13.0 Å². The molecule has 2 N–H and O–H groups in total. The number of aryl methyl sites for hydroxylation is 1. The summed E-state index contributed by atoms with van der Waals surface area (Å²) in [6.45, 7) is 1.57. The van der Waals surface area contributed by atoms with Crippen molar-refractivity contribution in [2.45, 2.75) is 6.92 Å². The zero-order valence-electron chi connectivity index (χ0n) is 12.3. The average molecular weight is 368 g/mol. The zero-order chi connectivity index (χ0) is 17.9. The highest BCUT2D eigenvalue weighted by Crippen LogP contribution is 2.24. The highest BCUT2D eigenvalue weighted by molar-refractivity contribution is 6.40. The molecule has 2 aromatic rings. The minimum absolute atomic E-state index is 0.0362. The number of nitro benzene ring substituents is 1. The highest BCUT2D eigenvalue weighted by Gasteiger charge is 2.18. The Hall–Kier alpha value is -2.64. The van der Waals surface area contributed by atoms with E-state index in [2.05, 4.69) is 10.6 Å². The Morgan fingerprint density at radius 3 is 2.33 bits per heavy atom. The maximum absolute atomic E-state index is 12.1. The second kappa shape index (κ2) is 7.29. The Labute approximate surface area is 146 Å². The molecule has 7 nitrogen and oxygen atoms in total. The lowest BCUT2D eigenvalue weighted by molar-refractivity contribution is -0.385. The number of nitro groups is 1. The molecule has 2 rings (SSSR count). The van der Waals surface area contributed by atoms with Crippen LogP contribution in [0.2, 0.25) is 10.0 Å². The Morgan fingerprint density at radius 1 is 1.12 bits per heavy atom. The minimum Gasteiger partial charge on any atom is -0.307 e. The molecule has 0 saturated carbocycles. The molecule has 124 valence electrons. The molecule has 0 fully saturated rings. The maximum Gasteiger partial charge on any atom is 0.326 e. The van der Waals surface area contributed by atoms with Gasteiger partial charge in [-0.1, -0.05) is 35.3 Å². The SMILES string of the molecule is Cc1ccc(NC(=O)NC(=O)c2c(Cl)cccc2Cl)cc1[N+](=O)[O-]. The van der Waals surface area contributed by atoms with E-state index in [-0.39, 0.29) is 27.0 Å². The molecule has 0 bridgehead atoms. The highest BCUT2D eigenvalue weighted by atomic mass is 35.5. The van der Waals surface area contributed by atoms with Crippen molar-refractivity contribution >= 4 is 46.5 Å². The second-order valence-corrected chi connectivity index (χ2v) is 5.58. The molecule has 3 amide bonds. The molecule has 0 aliphatic heterocycles. The lowest BCUT2D eigenvalue weighted by atomic mass is 10.2. The summed E-state index contributed by atoms with van der Waals surface area (Å²) in [5.74, 6) is -0.787. The first-order valence-corrected chi connectivity index (χ1v) is 7.36. The van der Waals surface area contributed by atoms with Gasteiger partial charge in [0, 0.05) is 17.3 Å². The molecule has 0 spiro atoms. The fourth-order valence-electron chi connectivity index (χ4n) is 1.93. The zero-order valence-corrected chi connectivity index (χ0v) is 13.8. The summed E-state index contributed by atoms with van der Waals surface area (Å²) in [6, 6.07) is 7.78. The molecule has 0 saturated heterocycles. The van der Waals surface area contributed by atoms with Crippen LogP contribution in [-0.2, 0) is 0 Å². The topological polar surface area (TPSA) is 101 Å². The van der Waals surface area contributed by atoms with Crippen LogP contribution in [0.25, 0.3) is 0 Å². The Morgan fingerprint density at radius 2 is 1.75 bits per heavy atom. The second-order valence-electron chi connectivity index (χ2n) is 4.76. The number of rotatable bonds is 3. The average Bonchev–Trinajstić information content (AvgIpc) is 2.48. The summed E-state index contributed by atoms with van der Waals surface area (Å²) in [7, 11) is 0. The maximum atomic E-state index is 12.1. The van der Waals surface area contributed by atoms with Crippen molar-refractivity contribution in [3.05, 3.63) is 67.7 Å². The molecule has 0 heterocycles. The van der Waals surface area contributed by atoms with Gasteiger partial charge in [0.1, 0.15) is 0 Å². The van der Waals surface area contributed by atoms with Crippen LogP contribution in [0.4, 0.5) is 16.2 Å². The first kappa shape index (κ1) is 17.7. The molecule has 2 aromatic carbocycles. The van der Waals surface area contributed by atoms with E-state index < -0.39 is 16.9 Å². The molecule has 0 aliphatic rings. The van der Waals surface area contributed by atoms with Gasteiger partial charge in [-0.2, -0.15) is 0 Å². The van der Waals surface area contributed by atoms with Crippen molar-refractivity contribution in [1.29, 1.82) is 0 Å². The third-order valence-electron chi connectivity index (χ3n) is 3.08. The summed E-state index contributed by atoms with van der Waals surface area (Å²) in [6.07, 6.45) is 0. The monoisotopic (exact) mass is 367 g/mol. The Balaban J connectivity index is 2.13. The summed E-state index contributed by atoms with van der Waals surface area (Å²) in [5.41, 5.74) is 0.437. The van der Waals surface area contributed by atoms with E-state index in [1.165, 1.54) is 30.3 Å². The molecule has 0 radical (unpaired) electrons. The molecule has 0 aliphatic carbocycles. The number of hydrogen-bond acceptors (Lipinski definition) is 4. The fraction of sp³-hybridized carbons (Fsp3) is 0.0667. The summed E-state index contributed by atoms with van der Waals surface area (Å²) >= 11 is 11.8. The largest absolute Gasteiger partial charge is 0.326 e. The molecule has 0 unspecified atom stereocenters. The van der Waals surface area contributed by atoms with Crippen LogP contribution in [-0.4, -0.2) is 16.9 Å². The number of imide groups is 1. The van der Waals surface area contributed by atoms with Crippen LogP contribution in [0.1, 0.15) is 15.9 Å². The number of nitrogens with one attached hydrogen (secondary N) is 2. The van der Waals surface area contributed by atoms with Gasteiger partial charge in [0.15, 0.2) is 0 Å². The molecular formula is C15H11Cl2N3O4. The Bertz CT molecular complexity index is 819. The van der Waals surface area contributed by atoms with Crippen LogP contribution >= 0.6 is 23.2 Å². The third kappa shape index (κ3) is 4.01. The molecule has 9 heteroatoms. The van der Waals surface area contributed by atoms with Crippen LogP contribution in [0, 0.1) is 17.0 Å². The lowest BCUT2D eigenvalue weighted by Gasteiger charge is -2.09. The number of halogens is 2. The van der Waals surface area contributed by atoms with Gasteiger partial charge in [-0.15, -0.1) is 0 Å². The van der Waals surface area contributed by atoms with Crippen molar-refractivity contribution in [2.75, 3.05) is 5.32 Å². The normalized spacial score (nSPS) is 10.1. The lowest BCUT2D eigenvalue weighted by Crippen LogP contribution is -2.34. The van der Waals surface area contributed by atoms with Crippen molar-refractivity contribution in [1.82, 2.24) is 5.32 Å². The summed E-state index contributed by atoms with van der Waals surface area (Å²) in [4.78, 5) is 34.3. The molecule has 24 heavy (non-hydrogen) atoms. The van der Waals surface area contributed by atoms with Gasteiger partial charge >= 0.3 is 6.03 Å². The van der Waals surface area contributed by atoms with E-state index in [0.29, 0.717) is 5.56 Å². The predicted molar refractivity (Wildman–Crippen MR) is 90.8 cm³/mol. The van der Waals surface area contributed by atoms with E-state index in [1.807, 2.05) is 0 Å². The molecule has 0 atom stereocenters. The van der Waals surface area contributed by atoms with Gasteiger partial charge < -0.3 is 5.32 Å². The van der Waals surface area contributed by atoms with E-state index in [0.717, 1.165) is 0 Å². The van der Waals surface area contributed by atoms with Crippen LogP contribution in [0.3, 0.4) is 0 Å². The smallest absolute Gasteiger partial charge is 0.307 e. The number of urea groups is 1. The first-order chi connectivity index (χ1) is 11.3. The fourth-order valence-corrected chi connectivity index (χ4v) is 2.50. The standard InChI is InChI=1S/C15H11Cl2N3O4/c1-8-5-6-9(7-12(8)20(23)24)18-15(22)19-14(21)13-10(16)3-2-4-11(13)17/h2-7H,1H3,(H2,18,19,21,22). The third-order valence-corrected chi connectivity index (χ3v) is 3.71. The summed E-state index contributed by atoms with van der Waals surface area (Å²) in [5, 5.41) is 15.5. The van der Waals surface area contributed by atoms with Gasteiger partial charge in [-0.3, -0.25) is 20.2 Å². The number of carbonyl (C=O) groups is 2. The van der Waals surface area contributed by atoms with E-state index >= 15 is 0 Å². The van der Waals surface area contributed by atoms with Crippen molar-refractivity contribution in [3.8, 4) is 0 Å². The van der Waals surface area contributed by atoms with Crippen LogP contribution in [0.5, 0.6) is 0 Å². The number of benzene rings is 2. The van der Waals surface area contributed by atoms with Crippen molar-refractivity contribution in [3.63, 3.8) is 0 Å². The Kier molecular flexibility index (Phi) is 5.38.